The fraction of sp³-hybridized carbons (Fsp3) is 0.884. The van der Waals surface area contributed by atoms with E-state index in [4.69, 9.17) is 28.4 Å². The molecular formula is C43H76N4O23. The zero-order chi connectivity index (χ0) is 51.9. The van der Waals surface area contributed by atoms with Crippen LogP contribution in [-0.4, -0.2) is 266 Å². The number of carbonyl (C=O) groups excluding carboxylic acids is 5. The van der Waals surface area contributed by atoms with Crippen LogP contribution in [0.15, 0.2) is 0 Å². The van der Waals surface area contributed by atoms with Crippen molar-refractivity contribution in [2.24, 2.45) is 0 Å². The summed E-state index contributed by atoms with van der Waals surface area (Å²) in [5, 5.41) is 128. The summed E-state index contributed by atoms with van der Waals surface area (Å²) in [6.07, 6.45) is -19.5. The van der Waals surface area contributed by atoms with Crippen LogP contribution in [0.1, 0.15) is 71.1 Å². The topological polar surface area (TPSA) is 423 Å². The molecule has 3 heterocycles. The minimum Gasteiger partial charge on any atom is -0.394 e. The van der Waals surface area contributed by atoms with E-state index >= 15 is 0 Å². The maximum Gasteiger partial charge on any atom is 0.237 e. The van der Waals surface area contributed by atoms with Crippen LogP contribution >= 0.6 is 0 Å². The summed E-state index contributed by atoms with van der Waals surface area (Å²) < 4.78 is 32.4. The molecule has 27 heteroatoms. The molecule has 3 amide bonds. The standard InChI is InChI=1S/C43H76N4O23/c1-2-23(51)8-6-7-10-24(52)9-4-3-5-11-25(40(64)46-14-17-67-43-39(63)36(60)33(57)28(22-50)70-43)47(18-29(53)44-12-15-65-41-37(61)34(58)31(55)26(20-48)68-41)19-30(54)45-13-16-66-42-38(62)35(59)32(56)27(21-49)69-42/h25-28,31-39,41-43,48-50,55-63H,2-22H2,1H3,(H,44,53)(H,45,54)(H,46,64)/t25-,26+,27+,28+,31+,32+,33+,34-,35-,36-,37-,38-,39-,41-,42-,43-/m0/s1. The average molecular weight is 1020 g/mol. The third kappa shape index (κ3) is 19.4. The second kappa shape index (κ2) is 32.2. The second-order valence-electron chi connectivity index (χ2n) is 17.4. The van der Waals surface area contributed by atoms with E-state index in [9.17, 15) is 85.3 Å². The summed E-state index contributed by atoms with van der Waals surface area (Å²) in [6.45, 7) is -3.09. The van der Waals surface area contributed by atoms with Gasteiger partial charge in [0.05, 0.1) is 58.8 Å². The van der Waals surface area contributed by atoms with Gasteiger partial charge in [-0.15, -0.1) is 0 Å². The minimum absolute atomic E-state index is 0.0126. The number of unbranched alkanes of at least 4 members (excludes halogenated alkanes) is 3. The van der Waals surface area contributed by atoms with Crippen molar-refractivity contribution in [3.8, 4) is 0 Å². The first kappa shape index (κ1) is 61.3. The van der Waals surface area contributed by atoms with Crippen LogP contribution in [-0.2, 0) is 52.4 Å². The first-order valence-electron chi connectivity index (χ1n) is 23.7. The Kier molecular flexibility index (Phi) is 28.2. The molecule has 70 heavy (non-hydrogen) atoms. The van der Waals surface area contributed by atoms with E-state index in [0.29, 0.717) is 51.4 Å². The highest BCUT2D eigenvalue weighted by Gasteiger charge is 2.46. The van der Waals surface area contributed by atoms with Crippen LogP contribution in [0.3, 0.4) is 0 Å². The summed E-state index contributed by atoms with van der Waals surface area (Å²) in [5.41, 5.74) is 0. The number of carbonyl (C=O) groups is 5. The Balaban J connectivity index is 1.71. The lowest BCUT2D eigenvalue weighted by molar-refractivity contribution is -0.300. The van der Waals surface area contributed by atoms with Crippen molar-refractivity contribution in [3.05, 3.63) is 0 Å². The van der Waals surface area contributed by atoms with Crippen LogP contribution in [0.5, 0.6) is 0 Å². The molecule has 0 bridgehead atoms. The normalized spacial score (nSPS) is 31.8. The van der Waals surface area contributed by atoms with E-state index in [1.54, 1.807) is 6.92 Å². The van der Waals surface area contributed by atoms with Gasteiger partial charge in [0.2, 0.25) is 17.7 Å². The highest BCUT2D eigenvalue weighted by molar-refractivity contribution is 5.86. The highest BCUT2D eigenvalue weighted by atomic mass is 16.7. The van der Waals surface area contributed by atoms with Gasteiger partial charge in [-0.05, 0) is 25.7 Å². The van der Waals surface area contributed by atoms with E-state index in [0.717, 1.165) is 0 Å². The number of ether oxygens (including phenoxy) is 6. The third-order valence-electron chi connectivity index (χ3n) is 12.1. The van der Waals surface area contributed by atoms with E-state index < -0.39 is 149 Å². The van der Waals surface area contributed by atoms with Crippen molar-refractivity contribution in [1.82, 2.24) is 20.9 Å². The van der Waals surface area contributed by atoms with E-state index in [-0.39, 0.29) is 63.9 Å². The number of rotatable bonds is 33. The summed E-state index contributed by atoms with van der Waals surface area (Å²) >= 11 is 0. The molecular weight excluding hydrogens is 940 g/mol. The molecule has 406 valence electrons. The van der Waals surface area contributed by atoms with E-state index in [2.05, 4.69) is 16.0 Å². The Morgan fingerprint density at radius 3 is 1.21 bits per heavy atom. The zero-order valence-corrected chi connectivity index (χ0v) is 39.4. The molecule has 16 atom stereocenters. The van der Waals surface area contributed by atoms with Gasteiger partial charge in [0, 0.05) is 45.3 Å². The number of nitrogens with one attached hydrogen (secondary N) is 3. The predicted molar refractivity (Wildman–Crippen MR) is 235 cm³/mol. The molecule has 0 spiro atoms. The maximum atomic E-state index is 14.0. The van der Waals surface area contributed by atoms with Crippen molar-refractivity contribution in [2.45, 2.75) is 169 Å². The molecule has 3 rings (SSSR count). The second-order valence-corrected chi connectivity index (χ2v) is 17.4. The zero-order valence-electron chi connectivity index (χ0n) is 39.4. The molecule has 0 saturated carbocycles. The number of hydrogen-bond acceptors (Lipinski definition) is 24. The van der Waals surface area contributed by atoms with Crippen LogP contribution in [0.4, 0.5) is 0 Å². The molecule has 0 aromatic rings. The molecule has 0 unspecified atom stereocenters. The maximum absolute atomic E-state index is 14.0. The van der Waals surface area contributed by atoms with Crippen molar-refractivity contribution in [3.63, 3.8) is 0 Å². The van der Waals surface area contributed by atoms with Crippen LogP contribution < -0.4 is 16.0 Å². The Bertz CT molecular complexity index is 1510. The molecule has 3 fully saturated rings. The Hall–Kier alpha value is -3.01. The van der Waals surface area contributed by atoms with Gasteiger partial charge in [-0.1, -0.05) is 19.8 Å². The average Bonchev–Trinajstić information content (AvgIpc) is 3.34. The number of nitrogens with zero attached hydrogens (tertiary/aromatic N) is 1. The molecule has 3 aliphatic rings. The predicted octanol–water partition coefficient (Wildman–Crippen LogP) is -7.49. The van der Waals surface area contributed by atoms with E-state index in [1.807, 2.05) is 0 Å². The number of Topliss-reactive ketones (excluding diaryl/α,β-unsaturated/α-hetero) is 2. The fourth-order valence-electron chi connectivity index (χ4n) is 7.83. The van der Waals surface area contributed by atoms with Crippen LogP contribution in [0.2, 0.25) is 0 Å². The number of ketones is 2. The largest absolute Gasteiger partial charge is 0.394 e. The molecule has 0 aliphatic carbocycles. The Labute approximate surface area is 404 Å². The lowest BCUT2D eigenvalue weighted by atomic mass is 9.99. The Morgan fingerprint density at radius 1 is 0.486 bits per heavy atom. The van der Waals surface area contributed by atoms with Crippen LogP contribution in [0, 0.1) is 0 Å². The van der Waals surface area contributed by atoms with Crippen molar-refractivity contribution in [1.29, 1.82) is 0 Å². The summed E-state index contributed by atoms with van der Waals surface area (Å²) in [7, 11) is 0. The lowest BCUT2D eigenvalue weighted by Gasteiger charge is -2.39. The number of hydrogen-bond donors (Lipinski definition) is 15. The molecule has 0 aromatic carbocycles. The minimum atomic E-state index is -1.72. The smallest absolute Gasteiger partial charge is 0.237 e. The summed E-state index contributed by atoms with van der Waals surface area (Å²) in [6, 6.07) is -1.20. The number of aliphatic hydroxyl groups excluding tert-OH is 12. The molecule has 3 aliphatic heterocycles. The van der Waals surface area contributed by atoms with Gasteiger partial charge in [-0.2, -0.15) is 0 Å². The first-order valence-corrected chi connectivity index (χ1v) is 23.7. The highest BCUT2D eigenvalue weighted by Crippen LogP contribution is 2.24. The quantitative estimate of drug-likeness (QED) is 0.0272. The van der Waals surface area contributed by atoms with Crippen LogP contribution in [0.25, 0.3) is 0 Å². The van der Waals surface area contributed by atoms with Gasteiger partial charge < -0.3 is 106 Å². The van der Waals surface area contributed by atoms with Gasteiger partial charge in [-0.3, -0.25) is 28.9 Å². The molecule has 27 nitrogen and oxygen atoms in total. The van der Waals surface area contributed by atoms with Gasteiger partial charge in [-0.25, -0.2) is 0 Å². The summed E-state index contributed by atoms with van der Waals surface area (Å²) in [4.78, 5) is 66.4. The number of amides is 3. The van der Waals surface area contributed by atoms with Gasteiger partial charge in [0.15, 0.2) is 18.9 Å². The fourth-order valence-corrected chi connectivity index (χ4v) is 7.83. The van der Waals surface area contributed by atoms with Gasteiger partial charge in [0.1, 0.15) is 84.8 Å². The SMILES string of the molecule is CCC(=O)CCCCC(=O)CCCCC[C@@H](C(=O)NCCO[C@H]1O[C@H](CO)[C@@H](O)[C@H](O)[C@@H]1O)N(CC(=O)NCCO[C@H]1O[C@H](CO)[C@@H](O)[C@H](O)[C@@H]1O)CC(=O)NCCO[C@H]1O[C@H](CO)[C@@H](O)[C@H](O)[C@@H]1O. The van der Waals surface area contributed by atoms with Gasteiger partial charge >= 0.3 is 0 Å². The molecule has 3 saturated heterocycles. The van der Waals surface area contributed by atoms with Crippen molar-refractivity contribution >= 4 is 29.3 Å². The molecule has 15 N–H and O–H groups in total. The molecule has 0 radical (unpaired) electrons. The van der Waals surface area contributed by atoms with Crippen molar-refractivity contribution in [2.75, 3.05) is 72.4 Å². The lowest BCUT2D eigenvalue weighted by Crippen LogP contribution is -2.59. The molecule has 0 aromatic heterocycles. The van der Waals surface area contributed by atoms with Crippen molar-refractivity contribution < 1.29 is 114 Å². The monoisotopic (exact) mass is 1020 g/mol. The number of aliphatic hydroxyl groups is 12. The first-order chi connectivity index (χ1) is 33.4. The Morgan fingerprint density at radius 2 is 0.843 bits per heavy atom. The summed E-state index contributed by atoms with van der Waals surface area (Å²) in [5.74, 6) is -1.98. The van der Waals surface area contributed by atoms with Gasteiger partial charge in [0.25, 0.3) is 0 Å². The third-order valence-corrected chi connectivity index (χ3v) is 12.1. The van der Waals surface area contributed by atoms with E-state index in [1.165, 1.54) is 4.90 Å².